The third kappa shape index (κ3) is 6.57. The second-order valence-electron chi connectivity index (χ2n) is 7.86. The summed E-state index contributed by atoms with van der Waals surface area (Å²) in [5.74, 6) is -0.922. The summed E-state index contributed by atoms with van der Waals surface area (Å²) in [4.78, 5) is 12.7. The molecule has 0 aliphatic rings. The van der Waals surface area contributed by atoms with Gasteiger partial charge in [-0.3, -0.25) is 4.79 Å². The van der Waals surface area contributed by atoms with Crippen molar-refractivity contribution in [2.45, 2.75) is 52.0 Å². The Labute approximate surface area is 173 Å². The molecule has 2 aromatic carbocycles. The van der Waals surface area contributed by atoms with Gasteiger partial charge in [-0.1, -0.05) is 37.1 Å². The molecule has 158 valence electrons. The zero-order chi connectivity index (χ0) is 21.4. The van der Waals surface area contributed by atoms with Crippen molar-refractivity contribution in [3.05, 3.63) is 64.5 Å². The standard InChI is InChI=1S/C24H33FN2O2/c1-17-15-18(2)21(25)16-20(17)24(19-11-8-9-12-22(19)27(3)4)26-14-10-6-5-7-13-23(28)29/h8-9,11-12,15-16,24,26H,5-7,10,13-14H2,1-4H3,(H,28,29). The number of carboxylic acids is 1. The van der Waals surface area contributed by atoms with E-state index in [-0.39, 0.29) is 18.3 Å². The zero-order valence-electron chi connectivity index (χ0n) is 18.0. The van der Waals surface area contributed by atoms with Gasteiger partial charge in [-0.2, -0.15) is 0 Å². The van der Waals surface area contributed by atoms with Crippen molar-refractivity contribution in [2.75, 3.05) is 25.5 Å². The van der Waals surface area contributed by atoms with Gasteiger partial charge in [0.15, 0.2) is 0 Å². The lowest BCUT2D eigenvalue weighted by Crippen LogP contribution is -2.26. The van der Waals surface area contributed by atoms with Gasteiger partial charge in [-0.25, -0.2) is 4.39 Å². The lowest BCUT2D eigenvalue weighted by Gasteiger charge is -2.27. The fraction of sp³-hybridized carbons (Fsp3) is 0.458. The summed E-state index contributed by atoms with van der Waals surface area (Å²) in [6.07, 6.45) is 3.78. The van der Waals surface area contributed by atoms with Crippen LogP contribution < -0.4 is 10.2 Å². The average Bonchev–Trinajstić information content (AvgIpc) is 2.67. The van der Waals surface area contributed by atoms with Gasteiger partial charge < -0.3 is 15.3 Å². The van der Waals surface area contributed by atoms with Crippen LogP contribution in [0.1, 0.15) is 60.4 Å². The number of aryl methyl sites for hydroxylation is 2. The molecule has 1 unspecified atom stereocenters. The molecular weight excluding hydrogens is 367 g/mol. The van der Waals surface area contributed by atoms with E-state index in [4.69, 9.17) is 5.11 Å². The molecule has 0 spiro atoms. The quantitative estimate of drug-likeness (QED) is 0.508. The third-order valence-corrected chi connectivity index (χ3v) is 5.25. The molecular formula is C24H33FN2O2. The predicted octanol–water partition coefficient (Wildman–Crippen LogP) is 5.22. The fourth-order valence-electron chi connectivity index (χ4n) is 3.68. The van der Waals surface area contributed by atoms with Gasteiger partial charge in [0, 0.05) is 26.2 Å². The number of halogens is 1. The summed E-state index contributed by atoms with van der Waals surface area (Å²) < 4.78 is 14.4. The number of nitrogens with one attached hydrogen (secondary N) is 1. The summed E-state index contributed by atoms with van der Waals surface area (Å²) in [5.41, 5.74) is 4.90. The molecule has 0 aromatic heterocycles. The molecule has 0 saturated carbocycles. The van der Waals surface area contributed by atoms with Crippen LogP contribution in [0.4, 0.5) is 10.1 Å². The van der Waals surface area contributed by atoms with Crippen molar-refractivity contribution in [3.63, 3.8) is 0 Å². The largest absolute Gasteiger partial charge is 0.481 e. The van der Waals surface area contributed by atoms with Crippen molar-refractivity contribution < 1.29 is 14.3 Å². The van der Waals surface area contributed by atoms with Crippen LogP contribution in [0.15, 0.2) is 36.4 Å². The normalized spacial score (nSPS) is 12.0. The number of para-hydroxylation sites is 1. The Morgan fingerprint density at radius 1 is 1.03 bits per heavy atom. The highest BCUT2D eigenvalue weighted by atomic mass is 19.1. The number of carbonyl (C=O) groups is 1. The number of aliphatic carboxylic acids is 1. The highest BCUT2D eigenvalue weighted by molar-refractivity contribution is 5.66. The van der Waals surface area contributed by atoms with Gasteiger partial charge in [-0.05, 0) is 67.6 Å². The van der Waals surface area contributed by atoms with Crippen molar-refractivity contribution >= 4 is 11.7 Å². The smallest absolute Gasteiger partial charge is 0.303 e. The number of hydrogen-bond acceptors (Lipinski definition) is 3. The van der Waals surface area contributed by atoms with E-state index in [0.717, 1.165) is 48.2 Å². The van der Waals surface area contributed by atoms with Crippen LogP contribution in [0.5, 0.6) is 0 Å². The lowest BCUT2D eigenvalue weighted by molar-refractivity contribution is -0.137. The molecule has 5 heteroatoms. The van der Waals surface area contributed by atoms with Crippen molar-refractivity contribution in [1.29, 1.82) is 0 Å². The highest BCUT2D eigenvalue weighted by Gasteiger charge is 2.20. The molecule has 2 N–H and O–H groups in total. The summed E-state index contributed by atoms with van der Waals surface area (Å²) in [6, 6.07) is 11.7. The number of unbranched alkanes of at least 4 members (excludes halogenated alkanes) is 3. The molecule has 0 heterocycles. The first-order chi connectivity index (χ1) is 13.8. The van der Waals surface area contributed by atoms with Crippen LogP contribution in [0, 0.1) is 19.7 Å². The van der Waals surface area contributed by atoms with Gasteiger partial charge in [0.05, 0.1) is 6.04 Å². The molecule has 0 amide bonds. The molecule has 0 aliphatic carbocycles. The minimum absolute atomic E-state index is 0.109. The molecule has 0 radical (unpaired) electrons. The molecule has 4 nitrogen and oxygen atoms in total. The van der Waals surface area contributed by atoms with E-state index in [2.05, 4.69) is 22.3 Å². The maximum Gasteiger partial charge on any atom is 0.303 e. The van der Waals surface area contributed by atoms with Gasteiger partial charge in [-0.15, -0.1) is 0 Å². The lowest BCUT2D eigenvalue weighted by atomic mass is 9.92. The maximum absolute atomic E-state index is 14.4. The number of hydrogen-bond donors (Lipinski definition) is 2. The molecule has 0 aliphatic heterocycles. The summed E-state index contributed by atoms with van der Waals surface area (Å²) in [7, 11) is 4.03. The predicted molar refractivity (Wildman–Crippen MR) is 117 cm³/mol. The zero-order valence-corrected chi connectivity index (χ0v) is 18.0. The summed E-state index contributed by atoms with van der Waals surface area (Å²) >= 11 is 0. The minimum atomic E-state index is -0.736. The third-order valence-electron chi connectivity index (χ3n) is 5.25. The first-order valence-corrected chi connectivity index (χ1v) is 10.3. The molecule has 0 saturated heterocycles. The van der Waals surface area contributed by atoms with Crippen LogP contribution in [-0.4, -0.2) is 31.7 Å². The second kappa shape index (κ2) is 11.0. The van der Waals surface area contributed by atoms with Crippen LogP contribution >= 0.6 is 0 Å². The first-order valence-electron chi connectivity index (χ1n) is 10.3. The van der Waals surface area contributed by atoms with Crippen LogP contribution in [-0.2, 0) is 4.79 Å². The van der Waals surface area contributed by atoms with E-state index in [1.165, 1.54) is 0 Å². The van der Waals surface area contributed by atoms with E-state index >= 15 is 0 Å². The van der Waals surface area contributed by atoms with E-state index in [9.17, 15) is 9.18 Å². The minimum Gasteiger partial charge on any atom is -0.481 e. The Morgan fingerprint density at radius 2 is 1.72 bits per heavy atom. The number of rotatable bonds is 11. The van der Waals surface area contributed by atoms with Crippen LogP contribution in [0.25, 0.3) is 0 Å². The fourth-order valence-corrected chi connectivity index (χ4v) is 3.68. The number of carboxylic acid groups (broad SMARTS) is 1. The Bertz CT molecular complexity index is 821. The Morgan fingerprint density at radius 3 is 2.41 bits per heavy atom. The van der Waals surface area contributed by atoms with Crippen molar-refractivity contribution in [2.24, 2.45) is 0 Å². The van der Waals surface area contributed by atoms with E-state index in [1.807, 2.05) is 39.2 Å². The van der Waals surface area contributed by atoms with Gasteiger partial charge in [0.25, 0.3) is 0 Å². The monoisotopic (exact) mass is 400 g/mol. The summed E-state index contributed by atoms with van der Waals surface area (Å²) in [5, 5.41) is 12.4. The maximum atomic E-state index is 14.4. The van der Waals surface area contributed by atoms with Gasteiger partial charge >= 0.3 is 5.97 Å². The molecule has 0 fully saturated rings. The first kappa shape index (κ1) is 22.9. The van der Waals surface area contributed by atoms with Crippen molar-refractivity contribution in [1.82, 2.24) is 5.32 Å². The van der Waals surface area contributed by atoms with Gasteiger partial charge in [0.2, 0.25) is 0 Å². The average molecular weight is 401 g/mol. The van der Waals surface area contributed by atoms with Crippen LogP contribution in [0.2, 0.25) is 0 Å². The molecule has 1 atom stereocenters. The molecule has 0 bridgehead atoms. The van der Waals surface area contributed by atoms with Gasteiger partial charge in [0.1, 0.15) is 5.82 Å². The van der Waals surface area contributed by atoms with Crippen molar-refractivity contribution in [3.8, 4) is 0 Å². The van der Waals surface area contributed by atoms with E-state index < -0.39 is 5.97 Å². The van der Waals surface area contributed by atoms with Crippen LogP contribution in [0.3, 0.4) is 0 Å². The number of benzene rings is 2. The summed E-state index contributed by atoms with van der Waals surface area (Å²) in [6.45, 7) is 4.61. The van der Waals surface area contributed by atoms with E-state index in [1.54, 1.807) is 13.0 Å². The second-order valence-corrected chi connectivity index (χ2v) is 7.86. The Hall–Kier alpha value is -2.40. The number of nitrogens with zero attached hydrogens (tertiary/aromatic N) is 1. The highest BCUT2D eigenvalue weighted by Crippen LogP contribution is 2.32. The molecule has 29 heavy (non-hydrogen) atoms. The number of anilines is 1. The SMILES string of the molecule is Cc1cc(C)c(C(NCCCCCCC(=O)O)c2ccccc2N(C)C)cc1F. The Kier molecular flexibility index (Phi) is 8.65. The molecule has 2 aromatic rings. The topological polar surface area (TPSA) is 52.6 Å². The Balaban J connectivity index is 2.20. The molecule has 2 rings (SSSR count). The van der Waals surface area contributed by atoms with E-state index in [0.29, 0.717) is 12.0 Å².